The van der Waals surface area contributed by atoms with Crippen LogP contribution in [0.2, 0.25) is 0 Å². The van der Waals surface area contributed by atoms with E-state index in [2.05, 4.69) is 4.98 Å². The highest BCUT2D eigenvalue weighted by Gasteiger charge is 2.18. The Labute approximate surface area is 63.5 Å². The highest BCUT2D eigenvalue weighted by atomic mass is 32.1. The largest absolute Gasteiger partial charge is 0.385 e. The summed E-state index contributed by atoms with van der Waals surface area (Å²) in [7, 11) is 0. The molecule has 56 valence electrons. The summed E-state index contributed by atoms with van der Waals surface area (Å²) in [5.41, 5.74) is 4.56. The van der Waals surface area contributed by atoms with Gasteiger partial charge in [0.05, 0.1) is 10.5 Å². The molecule has 0 atom stereocenters. The molecule has 1 aromatic heterocycles. The van der Waals surface area contributed by atoms with E-state index in [9.17, 15) is 5.11 Å². The molecule has 0 amide bonds. The van der Waals surface area contributed by atoms with Crippen LogP contribution in [0.3, 0.4) is 0 Å². The molecular weight excluding hydrogens is 148 g/mol. The van der Waals surface area contributed by atoms with Gasteiger partial charge in [0.15, 0.2) is 5.13 Å². The Morgan fingerprint density at radius 2 is 2.30 bits per heavy atom. The Kier molecular flexibility index (Phi) is 1.66. The predicted molar refractivity (Wildman–Crippen MR) is 41.8 cm³/mol. The van der Waals surface area contributed by atoms with Gasteiger partial charge >= 0.3 is 0 Å². The van der Waals surface area contributed by atoms with Gasteiger partial charge in [0.2, 0.25) is 0 Å². The van der Waals surface area contributed by atoms with E-state index in [1.54, 1.807) is 20.0 Å². The van der Waals surface area contributed by atoms with Crippen LogP contribution in [0.1, 0.15) is 18.7 Å². The van der Waals surface area contributed by atoms with Gasteiger partial charge in [0, 0.05) is 6.20 Å². The second-order valence-electron chi connectivity index (χ2n) is 2.62. The lowest BCUT2D eigenvalue weighted by molar-refractivity contribution is 0.0823. The van der Waals surface area contributed by atoms with Crippen molar-refractivity contribution >= 4 is 16.5 Å². The van der Waals surface area contributed by atoms with Crippen molar-refractivity contribution < 1.29 is 5.11 Å². The Balaban J connectivity index is 2.96. The van der Waals surface area contributed by atoms with Crippen molar-refractivity contribution in [2.24, 2.45) is 0 Å². The zero-order valence-corrected chi connectivity index (χ0v) is 6.77. The van der Waals surface area contributed by atoms with Crippen LogP contribution in [0, 0.1) is 0 Å². The van der Waals surface area contributed by atoms with Crippen molar-refractivity contribution in [2.45, 2.75) is 19.4 Å². The molecule has 0 unspecified atom stereocenters. The molecule has 0 aliphatic rings. The van der Waals surface area contributed by atoms with Crippen molar-refractivity contribution in [1.29, 1.82) is 0 Å². The van der Waals surface area contributed by atoms with E-state index in [4.69, 9.17) is 5.73 Å². The number of aromatic nitrogens is 1. The Morgan fingerprint density at radius 3 is 2.50 bits per heavy atom. The highest BCUT2D eigenvalue weighted by molar-refractivity contribution is 7.15. The lowest BCUT2D eigenvalue weighted by atomic mass is 10.1. The Hall–Kier alpha value is -0.610. The highest BCUT2D eigenvalue weighted by Crippen LogP contribution is 2.26. The van der Waals surface area contributed by atoms with Crippen molar-refractivity contribution in [1.82, 2.24) is 4.98 Å². The zero-order valence-electron chi connectivity index (χ0n) is 5.96. The van der Waals surface area contributed by atoms with E-state index in [1.165, 1.54) is 11.3 Å². The number of nitrogens with zero attached hydrogens (tertiary/aromatic N) is 1. The number of aliphatic hydroxyl groups is 1. The fourth-order valence-electron chi connectivity index (χ4n) is 0.570. The van der Waals surface area contributed by atoms with E-state index in [1.807, 2.05) is 0 Å². The van der Waals surface area contributed by atoms with Crippen molar-refractivity contribution in [3.8, 4) is 0 Å². The topological polar surface area (TPSA) is 59.1 Å². The number of hydrogen-bond acceptors (Lipinski definition) is 4. The lowest BCUT2D eigenvalue weighted by Gasteiger charge is -2.12. The molecule has 1 aromatic rings. The molecule has 1 rings (SSSR count). The third kappa shape index (κ3) is 1.46. The second kappa shape index (κ2) is 2.21. The monoisotopic (exact) mass is 158 g/mol. The van der Waals surface area contributed by atoms with Gasteiger partial charge in [-0.25, -0.2) is 4.98 Å². The molecule has 3 nitrogen and oxygen atoms in total. The number of anilines is 1. The van der Waals surface area contributed by atoms with E-state index in [0.717, 1.165) is 4.88 Å². The Bertz CT molecular complexity index is 226. The molecule has 0 fully saturated rings. The van der Waals surface area contributed by atoms with Crippen LogP contribution in [-0.2, 0) is 5.60 Å². The average Bonchev–Trinajstić information content (AvgIpc) is 2.11. The number of thiazole rings is 1. The number of nitrogen functional groups attached to an aromatic ring is 1. The quantitative estimate of drug-likeness (QED) is 0.639. The van der Waals surface area contributed by atoms with Gasteiger partial charge < -0.3 is 10.8 Å². The van der Waals surface area contributed by atoms with E-state index < -0.39 is 5.60 Å². The van der Waals surface area contributed by atoms with Crippen molar-refractivity contribution in [3.05, 3.63) is 11.1 Å². The summed E-state index contributed by atoms with van der Waals surface area (Å²) < 4.78 is 0. The third-order valence-electron chi connectivity index (χ3n) is 1.13. The molecule has 0 radical (unpaired) electrons. The van der Waals surface area contributed by atoms with Gasteiger partial charge in [-0.2, -0.15) is 0 Å². The normalized spacial score (nSPS) is 11.9. The summed E-state index contributed by atoms with van der Waals surface area (Å²) in [6.07, 6.45) is 1.60. The smallest absolute Gasteiger partial charge is 0.180 e. The predicted octanol–water partition coefficient (Wildman–Crippen LogP) is 0.953. The standard InChI is InChI=1S/C6H10N2OS/c1-6(2,9)4-3-8-5(7)10-4/h3,9H,1-2H3,(H2,7,8). The molecule has 4 heteroatoms. The van der Waals surface area contributed by atoms with Crippen LogP contribution in [-0.4, -0.2) is 10.1 Å². The van der Waals surface area contributed by atoms with Crippen molar-refractivity contribution in [2.75, 3.05) is 5.73 Å². The maximum Gasteiger partial charge on any atom is 0.180 e. The summed E-state index contributed by atoms with van der Waals surface area (Å²) in [5, 5.41) is 9.91. The number of nitrogens with two attached hydrogens (primary N) is 1. The van der Waals surface area contributed by atoms with Gasteiger partial charge in [-0.1, -0.05) is 11.3 Å². The molecule has 0 aliphatic heterocycles. The van der Waals surface area contributed by atoms with Crippen molar-refractivity contribution in [3.63, 3.8) is 0 Å². The van der Waals surface area contributed by atoms with E-state index in [0.29, 0.717) is 5.13 Å². The van der Waals surface area contributed by atoms with E-state index >= 15 is 0 Å². The summed E-state index contributed by atoms with van der Waals surface area (Å²) in [5.74, 6) is 0. The first-order chi connectivity index (χ1) is 4.50. The first kappa shape index (κ1) is 7.50. The van der Waals surface area contributed by atoms with Crippen LogP contribution in [0.4, 0.5) is 5.13 Å². The Morgan fingerprint density at radius 1 is 1.70 bits per heavy atom. The molecule has 0 bridgehead atoms. The zero-order chi connectivity index (χ0) is 7.78. The third-order valence-corrected chi connectivity index (χ3v) is 2.27. The fraction of sp³-hybridized carbons (Fsp3) is 0.500. The van der Waals surface area contributed by atoms with Gasteiger partial charge in [0.25, 0.3) is 0 Å². The summed E-state index contributed by atoms with van der Waals surface area (Å²) in [6.45, 7) is 3.42. The van der Waals surface area contributed by atoms with Gasteiger partial charge in [-0.05, 0) is 13.8 Å². The minimum absolute atomic E-state index is 0.497. The molecule has 0 aliphatic carbocycles. The van der Waals surface area contributed by atoms with Crippen LogP contribution in [0.25, 0.3) is 0 Å². The first-order valence-corrected chi connectivity index (χ1v) is 3.76. The van der Waals surface area contributed by atoms with E-state index in [-0.39, 0.29) is 0 Å². The van der Waals surface area contributed by atoms with Gasteiger partial charge in [0.1, 0.15) is 0 Å². The number of hydrogen-bond donors (Lipinski definition) is 2. The molecule has 10 heavy (non-hydrogen) atoms. The summed E-state index contributed by atoms with van der Waals surface area (Å²) in [6, 6.07) is 0. The molecule has 0 aromatic carbocycles. The van der Waals surface area contributed by atoms with Crippen LogP contribution in [0.15, 0.2) is 6.20 Å². The maximum atomic E-state index is 9.42. The molecule has 0 saturated carbocycles. The first-order valence-electron chi connectivity index (χ1n) is 2.94. The lowest BCUT2D eigenvalue weighted by Crippen LogP contribution is -2.12. The van der Waals surface area contributed by atoms with Gasteiger partial charge in [-0.15, -0.1) is 0 Å². The maximum absolute atomic E-state index is 9.42. The minimum Gasteiger partial charge on any atom is -0.385 e. The van der Waals surface area contributed by atoms with Crippen LogP contribution in [0.5, 0.6) is 0 Å². The van der Waals surface area contributed by atoms with Crippen LogP contribution >= 0.6 is 11.3 Å². The van der Waals surface area contributed by atoms with Crippen LogP contribution < -0.4 is 5.73 Å². The SMILES string of the molecule is CC(C)(O)c1cnc(N)s1. The molecule has 0 saturated heterocycles. The minimum atomic E-state index is -0.810. The fourth-order valence-corrected chi connectivity index (χ4v) is 1.26. The summed E-state index contributed by atoms with van der Waals surface area (Å²) >= 11 is 1.31. The number of rotatable bonds is 1. The molecule has 0 spiro atoms. The molecule has 3 N–H and O–H groups in total. The second-order valence-corrected chi connectivity index (χ2v) is 3.68. The molecule has 1 heterocycles. The average molecular weight is 158 g/mol. The van der Waals surface area contributed by atoms with Gasteiger partial charge in [-0.3, -0.25) is 0 Å². The summed E-state index contributed by atoms with van der Waals surface area (Å²) in [4.78, 5) is 4.62. The molecular formula is C6H10N2OS.